The van der Waals surface area contributed by atoms with Gasteiger partial charge < -0.3 is 4.98 Å². The van der Waals surface area contributed by atoms with E-state index in [2.05, 4.69) is 15.0 Å². The number of pyridine rings is 1. The summed E-state index contributed by atoms with van der Waals surface area (Å²) < 4.78 is 0. The molecule has 0 aliphatic rings. The number of nitrogens with one attached hydrogen (secondary N) is 1. The summed E-state index contributed by atoms with van der Waals surface area (Å²) in [7, 11) is 0. The zero-order valence-electron chi connectivity index (χ0n) is 9.24. The van der Waals surface area contributed by atoms with Crippen molar-refractivity contribution in [3.05, 3.63) is 47.1 Å². The fourth-order valence-electron chi connectivity index (χ4n) is 1.78. The molecular weight excluding hydrogens is 234 g/mol. The number of rotatable bonds is 1. The van der Waals surface area contributed by atoms with Gasteiger partial charge in [-0.3, -0.25) is 0 Å². The standard InChI is InChI=1S/C13H10ClN3/c1-8-5-11-13(15-7-8)17-12(16-11)9-3-2-4-10(14)6-9/h2-7H,1H3,(H,15,16,17). The minimum atomic E-state index is 0.701. The Bertz CT molecular complexity index is 688. The molecule has 0 saturated carbocycles. The number of benzene rings is 1. The molecule has 0 bridgehead atoms. The Morgan fingerprint density at radius 1 is 1.24 bits per heavy atom. The van der Waals surface area contributed by atoms with Gasteiger partial charge in [0.1, 0.15) is 5.82 Å². The van der Waals surface area contributed by atoms with Crippen molar-refractivity contribution in [1.29, 1.82) is 0 Å². The summed E-state index contributed by atoms with van der Waals surface area (Å²) >= 11 is 5.96. The summed E-state index contributed by atoms with van der Waals surface area (Å²) in [4.78, 5) is 12.0. The first-order valence-corrected chi connectivity index (χ1v) is 5.68. The zero-order chi connectivity index (χ0) is 11.8. The lowest BCUT2D eigenvalue weighted by atomic mass is 10.2. The number of imidazole rings is 1. The van der Waals surface area contributed by atoms with Crippen LogP contribution in [0, 0.1) is 6.92 Å². The molecule has 0 radical (unpaired) electrons. The van der Waals surface area contributed by atoms with Crippen molar-refractivity contribution in [2.24, 2.45) is 0 Å². The molecule has 0 aliphatic carbocycles. The molecule has 2 aromatic heterocycles. The molecular formula is C13H10ClN3. The van der Waals surface area contributed by atoms with Gasteiger partial charge in [-0.25, -0.2) is 9.97 Å². The second-order valence-corrected chi connectivity index (χ2v) is 4.42. The average molecular weight is 244 g/mol. The average Bonchev–Trinajstić information content (AvgIpc) is 2.72. The van der Waals surface area contributed by atoms with E-state index in [-0.39, 0.29) is 0 Å². The van der Waals surface area contributed by atoms with E-state index in [0.29, 0.717) is 5.02 Å². The second kappa shape index (κ2) is 3.86. The molecule has 4 heteroatoms. The normalized spacial score (nSPS) is 10.9. The summed E-state index contributed by atoms with van der Waals surface area (Å²) in [6.45, 7) is 2.01. The molecule has 3 rings (SSSR count). The minimum absolute atomic E-state index is 0.701. The summed E-state index contributed by atoms with van der Waals surface area (Å²) in [6, 6.07) is 9.63. The molecule has 17 heavy (non-hydrogen) atoms. The van der Waals surface area contributed by atoms with Gasteiger partial charge in [-0.2, -0.15) is 0 Å². The first kappa shape index (κ1) is 10.3. The van der Waals surface area contributed by atoms with Crippen molar-refractivity contribution in [3.63, 3.8) is 0 Å². The Balaban J connectivity index is 2.18. The molecule has 1 aromatic carbocycles. The Kier molecular flexibility index (Phi) is 2.34. The van der Waals surface area contributed by atoms with Crippen molar-refractivity contribution in [1.82, 2.24) is 15.0 Å². The van der Waals surface area contributed by atoms with E-state index in [9.17, 15) is 0 Å². The fourth-order valence-corrected chi connectivity index (χ4v) is 1.97. The monoisotopic (exact) mass is 243 g/mol. The smallest absolute Gasteiger partial charge is 0.178 e. The lowest BCUT2D eigenvalue weighted by Gasteiger charge is -1.95. The SMILES string of the molecule is Cc1cnc2nc(-c3cccc(Cl)c3)[nH]c2c1. The van der Waals surface area contributed by atoms with Crippen molar-refractivity contribution in [2.45, 2.75) is 6.92 Å². The molecule has 0 fully saturated rings. The lowest BCUT2D eigenvalue weighted by molar-refractivity contribution is 1.28. The molecule has 0 spiro atoms. The number of hydrogen-bond acceptors (Lipinski definition) is 2. The Morgan fingerprint density at radius 3 is 2.94 bits per heavy atom. The Morgan fingerprint density at radius 2 is 2.12 bits per heavy atom. The summed E-state index contributed by atoms with van der Waals surface area (Å²) in [5.41, 5.74) is 3.75. The number of aromatic nitrogens is 3. The predicted molar refractivity (Wildman–Crippen MR) is 69.1 cm³/mol. The van der Waals surface area contributed by atoms with Crippen LogP contribution in [0.2, 0.25) is 5.02 Å². The molecule has 84 valence electrons. The second-order valence-electron chi connectivity index (χ2n) is 3.98. The van der Waals surface area contributed by atoms with Crippen LogP contribution in [-0.2, 0) is 0 Å². The molecule has 0 saturated heterocycles. The third-order valence-electron chi connectivity index (χ3n) is 2.57. The fraction of sp³-hybridized carbons (Fsp3) is 0.0769. The largest absolute Gasteiger partial charge is 0.337 e. The molecule has 0 amide bonds. The highest BCUT2D eigenvalue weighted by Gasteiger charge is 2.06. The number of hydrogen-bond donors (Lipinski definition) is 1. The first-order chi connectivity index (χ1) is 8.22. The highest BCUT2D eigenvalue weighted by molar-refractivity contribution is 6.30. The third-order valence-corrected chi connectivity index (χ3v) is 2.81. The lowest BCUT2D eigenvalue weighted by Crippen LogP contribution is -1.79. The molecule has 1 N–H and O–H groups in total. The van der Waals surface area contributed by atoms with Gasteiger partial charge in [-0.15, -0.1) is 0 Å². The van der Waals surface area contributed by atoms with Gasteiger partial charge >= 0.3 is 0 Å². The van der Waals surface area contributed by atoms with Crippen LogP contribution in [0.25, 0.3) is 22.6 Å². The van der Waals surface area contributed by atoms with Crippen LogP contribution in [0.3, 0.4) is 0 Å². The van der Waals surface area contributed by atoms with E-state index in [4.69, 9.17) is 11.6 Å². The van der Waals surface area contributed by atoms with Gasteiger partial charge in [-0.1, -0.05) is 23.7 Å². The maximum Gasteiger partial charge on any atom is 0.178 e. The van der Waals surface area contributed by atoms with E-state index in [0.717, 1.165) is 28.1 Å². The summed E-state index contributed by atoms with van der Waals surface area (Å²) in [5, 5.41) is 0.701. The molecule has 0 aliphatic heterocycles. The Labute approximate surface area is 103 Å². The Hall–Kier alpha value is -1.87. The topological polar surface area (TPSA) is 41.6 Å². The number of aromatic amines is 1. The predicted octanol–water partition coefficient (Wildman–Crippen LogP) is 3.59. The van der Waals surface area contributed by atoms with Gasteiger partial charge in [0, 0.05) is 16.8 Å². The van der Waals surface area contributed by atoms with Gasteiger partial charge in [0.05, 0.1) is 5.52 Å². The van der Waals surface area contributed by atoms with Crippen LogP contribution < -0.4 is 0 Å². The molecule has 3 nitrogen and oxygen atoms in total. The van der Waals surface area contributed by atoms with Crippen molar-refractivity contribution < 1.29 is 0 Å². The number of H-pyrrole nitrogens is 1. The van der Waals surface area contributed by atoms with Gasteiger partial charge in [-0.05, 0) is 30.7 Å². The number of nitrogens with zero attached hydrogens (tertiary/aromatic N) is 2. The van der Waals surface area contributed by atoms with E-state index in [1.165, 1.54) is 0 Å². The maximum absolute atomic E-state index is 5.96. The number of fused-ring (bicyclic) bond motifs is 1. The third kappa shape index (κ3) is 1.89. The quantitative estimate of drug-likeness (QED) is 0.710. The van der Waals surface area contributed by atoms with Crippen LogP contribution in [-0.4, -0.2) is 15.0 Å². The molecule has 3 aromatic rings. The highest BCUT2D eigenvalue weighted by Crippen LogP contribution is 2.22. The highest BCUT2D eigenvalue weighted by atomic mass is 35.5. The molecule has 0 unspecified atom stereocenters. The van der Waals surface area contributed by atoms with Crippen LogP contribution in [0.15, 0.2) is 36.5 Å². The zero-order valence-corrected chi connectivity index (χ0v) is 9.99. The summed E-state index contributed by atoms with van der Waals surface area (Å²) in [6.07, 6.45) is 1.81. The van der Waals surface area contributed by atoms with E-state index >= 15 is 0 Å². The van der Waals surface area contributed by atoms with Crippen LogP contribution in [0.4, 0.5) is 0 Å². The van der Waals surface area contributed by atoms with Crippen molar-refractivity contribution >= 4 is 22.8 Å². The molecule has 0 atom stereocenters. The van der Waals surface area contributed by atoms with Gasteiger partial charge in [0.2, 0.25) is 0 Å². The first-order valence-electron chi connectivity index (χ1n) is 5.31. The van der Waals surface area contributed by atoms with Crippen molar-refractivity contribution in [2.75, 3.05) is 0 Å². The van der Waals surface area contributed by atoms with Gasteiger partial charge in [0.25, 0.3) is 0 Å². The maximum atomic E-state index is 5.96. The van der Waals surface area contributed by atoms with Crippen LogP contribution in [0.1, 0.15) is 5.56 Å². The van der Waals surface area contributed by atoms with Crippen LogP contribution >= 0.6 is 11.6 Å². The van der Waals surface area contributed by atoms with E-state index in [1.54, 1.807) is 0 Å². The van der Waals surface area contributed by atoms with E-state index in [1.807, 2.05) is 43.5 Å². The summed E-state index contributed by atoms with van der Waals surface area (Å²) in [5.74, 6) is 0.792. The molecule has 2 heterocycles. The van der Waals surface area contributed by atoms with Gasteiger partial charge in [0.15, 0.2) is 5.65 Å². The minimum Gasteiger partial charge on any atom is -0.337 e. The van der Waals surface area contributed by atoms with E-state index < -0.39 is 0 Å². The number of halogens is 1. The number of aryl methyl sites for hydroxylation is 1. The van der Waals surface area contributed by atoms with Crippen LogP contribution in [0.5, 0.6) is 0 Å². The van der Waals surface area contributed by atoms with Crippen molar-refractivity contribution in [3.8, 4) is 11.4 Å².